The highest BCUT2D eigenvalue weighted by molar-refractivity contribution is 6.30. The van der Waals surface area contributed by atoms with Crippen molar-refractivity contribution >= 4 is 36.4 Å². The molecule has 0 radical (unpaired) electrons. The van der Waals surface area contributed by atoms with Crippen LogP contribution in [0, 0.1) is 5.82 Å². The average molecular weight is 426 g/mol. The second-order valence-corrected chi connectivity index (χ2v) is 5.72. The average Bonchev–Trinajstić information content (AvgIpc) is 2.58. The van der Waals surface area contributed by atoms with Crippen LogP contribution < -0.4 is 15.4 Å². The van der Waals surface area contributed by atoms with Crippen molar-refractivity contribution in [2.45, 2.75) is 13.2 Å². The number of halogens is 4. The van der Waals surface area contributed by atoms with E-state index in [-0.39, 0.29) is 43.8 Å². The molecule has 0 fully saturated rings. The van der Waals surface area contributed by atoms with Crippen molar-refractivity contribution in [3.8, 4) is 5.75 Å². The van der Waals surface area contributed by atoms with Gasteiger partial charge in [-0.05, 0) is 24.3 Å². The Balaban J connectivity index is 0.00000312. The van der Waals surface area contributed by atoms with Crippen LogP contribution in [0.25, 0.3) is 0 Å². The molecule has 3 N–H and O–H groups in total. The summed E-state index contributed by atoms with van der Waals surface area (Å²) in [6.07, 6.45) is 0. The fraction of sp³-hybridized carbons (Fsp3) is 0.333. The zero-order chi connectivity index (χ0) is 17.2. The van der Waals surface area contributed by atoms with E-state index in [1.165, 1.54) is 6.07 Å². The van der Waals surface area contributed by atoms with Gasteiger partial charge in [0.2, 0.25) is 0 Å². The van der Waals surface area contributed by atoms with E-state index >= 15 is 0 Å². The SMILES string of the molecule is Cl.Cl.OCCNCCNCc1cc(Cl)ccc1OCc1ccccc1F. The minimum atomic E-state index is -0.277. The maximum atomic E-state index is 13.7. The Morgan fingerprint density at radius 1 is 0.962 bits per heavy atom. The topological polar surface area (TPSA) is 53.5 Å². The van der Waals surface area contributed by atoms with Crippen LogP contribution in [-0.4, -0.2) is 31.3 Å². The molecule has 4 nitrogen and oxygen atoms in total. The lowest BCUT2D eigenvalue weighted by Crippen LogP contribution is -2.28. The Hall–Kier alpha value is -1.08. The summed E-state index contributed by atoms with van der Waals surface area (Å²) in [6.45, 7) is 2.97. The van der Waals surface area contributed by atoms with Gasteiger partial charge < -0.3 is 20.5 Å². The van der Waals surface area contributed by atoms with Crippen LogP contribution in [0.15, 0.2) is 42.5 Å². The molecule has 8 heteroatoms. The summed E-state index contributed by atoms with van der Waals surface area (Å²) >= 11 is 6.06. The molecule has 0 atom stereocenters. The Morgan fingerprint density at radius 2 is 1.69 bits per heavy atom. The number of ether oxygens (including phenoxy) is 1. The van der Waals surface area contributed by atoms with E-state index < -0.39 is 0 Å². The molecule has 0 unspecified atom stereocenters. The lowest BCUT2D eigenvalue weighted by atomic mass is 10.2. The summed E-state index contributed by atoms with van der Waals surface area (Å²) < 4.78 is 19.4. The molecule has 0 saturated carbocycles. The van der Waals surface area contributed by atoms with Crippen LogP contribution >= 0.6 is 36.4 Å². The third kappa shape index (κ3) is 8.54. The monoisotopic (exact) mass is 424 g/mol. The molecule has 0 amide bonds. The minimum Gasteiger partial charge on any atom is -0.488 e. The molecule has 26 heavy (non-hydrogen) atoms. The molecule has 0 bridgehead atoms. The lowest BCUT2D eigenvalue weighted by molar-refractivity contribution is 0.292. The highest BCUT2D eigenvalue weighted by Crippen LogP contribution is 2.24. The molecule has 0 spiro atoms. The number of aliphatic hydroxyl groups excluding tert-OH is 1. The van der Waals surface area contributed by atoms with Crippen LogP contribution in [0.1, 0.15) is 11.1 Å². The number of hydrogen-bond donors (Lipinski definition) is 3. The van der Waals surface area contributed by atoms with Crippen molar-refractivity contribution < 1.29 is 14.2 Å². The first kappa shape index (κ1) is 24.9. The minimum absolute atomic E-state index is 0. The van der Waals surface area contributed by atoms with E-state index in [0.29, 0.717) is 29.4 Å². The molecule has 2 aromatic rings. The fourth-order valence-corrected chi connectivity index (χ4v) is 2.40. The van der Waals surface area contributed by atoms with Gasteiger partial charge >= 0.3 is 0 Å². The summed E-state index contributed by atoms with van der Waals surface area (Å²) in [4.78, 5) is 0. The van der Waals surface area contributed by atoms with Crippen molar-refractivity contribution in [2.75, 3.05) is 26.2 Å². The largest absolute Gasteiger partial charge is 0.488 e. The molecule has 0 aliphatic carbocycles. The first-order valence-corrected chi connectivity index (χ1v) is 8.25. The molecular weight excluding hydrogens is 402 g/mol. The molecule has 0 saturated heterocycles. The zero-order valence-electron chi connectivity index (χ0n) is 14.2. The van der Waals surface area contributed by atoms with E-state index in [2.05, 4.69) is 10.6 Å². The quantitative estimate of drug-likeness (QED) is 0.509. The van der Waals surface area contributed by atoms with Crippen LogP contribution in [0.4, 0.5) is 4.39 Å². The normalized spacial score (nSPS) is 9.96. The Kier molecular flexibility index (Phi) is 13.5. The van der Waals surface area contributed by atoms with Crippen molar-refractivity contribution in [1.82, 2.24) is 10.6 Å². The molecule has 2 rings (SSSR count). The molecular formula is C18H24Cl3FN2O2. The molecule has 2 aromatic carbocycles. The number of benzene rings is 2. The molecule has 0 heterocycles. The first-order valence-electron chi connectivity index (χ1n) is 7.87. The molecule has 0 aliphatic rings. The maximum absolute atomic E-state index is 13.7. The van der Waals surface area contributed by atoms with Crippen LogP contribution in [-0.2, 0) is 13.2 Å². The number of hydrogen-bond acceptors (Lipinski definition) is 4. The van der Waals surface area contributed by atoms with Crippen molar-refractivity contribution in [3.05, 3.63) is 64.4 Å². The summed E-state index contributed by atoms with van der Waals surface area (Å²) in [5.74, 6) is 0.402. The highest BCUT2D eigenvalue weighted by Gasteiger charge is 2.07. The molecule has 0 aromatic heterocycles. The molecule has 146 valence electrons. The highest BCUT2D eigenvalue weighted by atomic mass is 35.5. The van der Waals surface area contributed by atoms with Crippen LogP contribution in [0.2, 0.25) is 5.02 Å². The van der Waals surface area contributed by atoms with Gasteiger partial charge in [0.15, 0.2) is 0 Å². The second kappa shape index (κ2) is 14.0. The smallest absolute Gasteiger partial charge is 0.129 e. The molecule has 0 aliphatic heterocycles. The van der Waals surface area contributed by atoms with Gasteiger partial charge in [-0.1, -0.05) is 29.8 Å². The van der Waals surface area contributed by atoms with E-state index in [4.69, 9.17) is 21.4 Å². The third-order valence-electron chi connectivity index (χ3n) is 3.45. The first-order chi connectivity index (χ1) is 11.7. The standard InChI is InChI=1S/C18H22ClFN2O2.2ClH/c19-16-5-6-18(24-13-14-3-1-2-4-17(14)20)15(11-16)12-22-8-7-21-9-10-23;;/h1-6,11,21-23H,7-10,12-13H2;2*1H. The van der Waals surface area contributed by atoms with E-state index in [9.17, 15) is 4.39 Å². The summed E-state index contributed by atoms with van der Waals surface area (Å²) in [5, 5.41) is 15.7. The second-order valence-electron chi connectivity index (χ2n) is 5.28. The van der Waals surface area contributed by atoms with Gasteiger partial charge in [-0.2, -0.15) is 0 Å². The van der Waals surface area contributed by atoms with Crippen molar-refractivity contribution in [3.63, 3.8) is 0 Å². The number of aliphatic hydroxyl groups is 1. The summed E-state index contributed by atoms with van der Waals surface area (Å²) in [6, 6.07) is 12.0. The van der Waals surface area contributed by atoms with Gasteiger partial charge in [-0.25, -0.2) is 4.39 Å². The van der Waals surface area contributed by atoms with Gasteiger partial charge in [0.25, 0.3) is 0 Å². The van der Waals surface area contributed by atoms with Crippen LogP contribution in [0.3, 0.4) is 0 Å². The predicted molar refractivity (Wildman–Crippen MR) is 108 cm³/mol. The predicted octanol–water partition coefficient (Wildman–Crippen LogP) is 3.57. The number of nitrogens with one attached hydrogen (secondary N) is 2. The fourth-order valence-electron chi connectivity index (χ4n) is 2.20. The Labute approximate surface area is 170 Å². The zero-order valence-corrected chi connectivity index (χ0v) is 16.6. The third-order valence-corrected chi connectivity index (χ3v) is 3.68. The van der Waals surface area contributed by atoms with Gasteiger partial charge in [0, 0.05) is 42.3 Å². The van der Waals surface area contributed by atoms with Gasteiger partial charge in [-0.15, -0.1) is 24.8 Å². The van der Waals surface area contributed by atoms with Gasteiger partial charge in [0.05, 0.1) is 6.61 Å². The van der Waals surface area contributed by atoms with E-state index in [1.807, 2.05) is 6.07 Å². The van der Waals surface area contributed by atoms with Crippen molar-refractivity contribution in [1.29, 1.82) is 0 Å². The van der Waals surface area contributed by atoms with Crippen LogP contribution in [0.5, 0.6) is 5.75 Å². The number of rotatable bonds is 10. The Bertz CT molecular complexity index is 648. The van der Waals surface area contributed by atoms with Crippen molar-refractivity contribution in [2.24, 2.45) is 0 Å². The summed E-state index contributed by atoms with van der Waals surface area (Å²) in [7, 11) is 0. The van der Waals surface area contributed by atoms with Gasteiger partial charge in [-0.3, -0.25) is 0 Å². The van der Waals surface area contributed by atoms with E-state index in [1.54, 1.807) is 30.3 Å². The van der Waals surface area contributed by atoms with Gasteiger partial charge in [0.1, 0.15) is 18.2 Å². The maximum Gasteiger partial charge on any atom is 0.129 e. The summed E-state index contributed by atoms with van der Waals surface area (Å²) in [5.41, 5.74) is 1.43. The lowest BCUT2D eigenvalue weighted by Gasteiger charge is -2.13. The Morgan fingerprint density at radius 3 is 2.42 bits per heavy atom. The van der Waals surface area contributed by atoms with E-state index in [0.717, 1.165) is 18.7 Å².